The molecular weight excluding hydrogens is 750 g/mol. The first-order chi connectivity index (χ1) is 27.4. The van der Waals surface area contributed by atoms with Crippen LogP contribution in [0, 0.1) is 29.6 Å². The maximum atomic E-state index is 14.3. The lowest BCUT2D eigenvalue weighted by molar-refractivity contribution is -0.302. The van der Waals surface area contributed by atoms with Crippen molar-refractivity contribution in [3.05, 3.63) is 23.3 Å². The molecule has 3 fully saturated rings. The number of fused-ring (bicyclic) bond motifs is 3. The van der Waals surface area contributed by atoms with E-state index >= 15 is 0 Å². The number of allylic oxidation sites excluding steroid dienone is 2. The molecule has 4 rings (SSSR count). The van der Waals surface area contributed by atoms with E-state index in [1.807, 2.05) is 19.9 Å². The average molecular weight is 822 g/mol. The Kier molecular flexibility index (Phi) is 17.7. The van der Waals surface area contributed by atoms with Crippen molar-refractivity contribution in [3.63, 3.8) is 0 Å². The molecule has 3 aliphatic heterocycles. The summed E-state index contributed by atoms with van der Waals surface area (Å²) in [4.78, 5) is 57.9. The van der Waals surface area contributed by atoms with Gasteiger partial charge in [-0.15, -0.1) is 0 Å². The van der Waals surface area contributed by atoms with Gasteiger partial charge in [0.25, 0.3) is 11.7 Å². The first kappa shape index (κ1) is 48.1. The molecule has 14 nitrogen and oxygen atoms in total. The van der Waals surface area contributed by atoms with E-state index in [1.54, 1.807) is 40.9 Å². The number of rotatable bonds is 7. The Balaban J connectivity index is 1.80. The molecule has 2 bridgehead atoms. The number of hydrogen-bond donors (Lipinski definition) is 4. The van der Waals surface area contributed by atoms with Gasteiger partial charge in [-0.1, -0.05) is 46.3 Å². The summed E-state index contributed by atoms with van der Waals surface area (Å²) in [7, 11) is 4.50. The predicted molar refractivity (Wildman–Crippen MR) is 214 cm³/mol. The number of methoxy groups -OCH3 is 3. The minimum Gasteiger partial charge on any atom is -0.456 e. The molecule has 1 saturated carbocycles. The SMILES string of the molecule is CCC[C@@H]1/C=C(\C)[C@@H](O)[C@H](C)C[C@H](OC)[C@H]2O[C@@](O)(C(=O)C(=O)N3CCCC[C@H]3C(=O)O[C@H](/C(C)=C/[C@@H]3CC[C@@H](O)[C@H](OC)C3)[C@H](C)[C@@H](O)CC1=O)[C@H](C)C[C@@H]2OC. The van der Waals surface area contributed by atoms with Gasteiger partial charge in [-0.2, -0.15) is 0 Å². The van der Waals surface area contributed by atoms with Gasteiger partial charge in [-0.3, -0.25) is 14.4 Å². The van der Waals surface area contributed by atoms with Crippen LogP contribution < -0.4 is 0 Å². The third-order valence-electron chi connectivity index (χ3n) is 13.3. The lowest BCUT2D eigenvalue weighted by Crippen LogP contribution is -2.64. The second kappa shape index (κ2) is 21.3. The maximum Gasteiger partial charge on any atom is 0.329 e. The van der Waals surface area contributed by atoms with Crippen molar-refractivity contribution >= 4 is 23.4 Å². The summed E-state index contributed by atoms with van der Waals surface area (Å²) < 4.78 is 29.6. The van der Waals surface area contributed by atoms with Crippen LogP contribution in [-0.2, 0) is 42.9 Å². The van der Waals surface area contributed by atoms with Gasteiger partial charge in [0.05, 0.1) is 36.6 Å². The Bertz CT molecular complexity index is 1480. The highest BCUT2D eigenvalue weighted by Crippen LogP contribution is 2.39. The lowest BCUT2D eigenvalue weighted by atomic mass is 9.81. The molecule has 0 aromatic heterocycles. The van der Waals surface area contributed by atoms with E-state index < -0.39 is 95.9 Å². The van der Waals surface area contributed by atoms with Gasteiger partial charge in [0, 0.05) is 52.0 Å². The Hall–Kier alpha value is -2.56. The Labute approximate surface area is 344 Å². The minimum absolute atomic E-state index is 0.0260. The number of carbonyl (C=O) groups excluding carboxylic acids is 4. The Morgan fingerprint density at radius 1 is 0.914 bits per heavy atom. The summed E-state index contributed by atoms with van der Waals surface area (Å²) in [6.07, 6.45) is 1.41. The van der Waals surface area contributed by atoms with Gasteiger partial charge < -0.3 is 49.0 Å². The molecule has 14 heteroatoms. The monoisotopic (exact) mass is 821 g/mol. The van der Waals surface area contributed by atoms with Gasteiger partial charge in [0.15, 0.2) is 0 Å². The van der Waals surface area contributed by atoms with E-state index in [2.05, 4.69) is 0 Å². The number of piperidine rings is 1. The normalized spacial score (nSPS) is 41.8. The van der Waals surface area contributed by atoms with Crippen LogP contribution in [-0.4, -0.2) is 137 Å². The van der Waals surface area contributed by atoms with Gasteiger partial charge in [0.2, 0.25) is 5.79 Å². The number of cyclic esters (lactones) is 1. The van der Waals surface area contributed by atoms with E-state index in [-0.39, 0.29) is 50.0 Å². The van der Waals surface area contributed by atoms with Crippen molar-refractivity contribution in [3.8, 4) is 0 Å². The summed E-state index contributed by atoms with van der Waals surface area (Å²) in [5, 5.41) is 45.8. The minimum atomic E-state index is -2.57. The molecule has 2 saturated heterocycles. The summed E-state index contributed by atoms with van der Waals surface area (Å²) in [6.45, 7) is 10.7. The van der Waals surface area contributed by atoms with E-state index in [4.69, 9.17) is 23.7 Å². The molecule has 0 spiro atoms. The largest absolute Gasteiger partial charge is 0.456 e. The van der Waals surface area contributed by atoms with Crippen LogP contribution in [0.3, 0.4) is 0 Å². The Morgan fingerprint density at radius 3 is 2.21 bits per heavy atom. The first-order valence-corrected chi connectivity index (χ1v) is 21.4. The molecule has 0 aromatic rings. The number of Topliss-reactive ketones (excluding diaryl/α,β-unsaturated/α-hetero) is 2. The van der Waals surface area contributed by atoms with Gasteiger partial charge >= 0.3 is 5.97 Å². The lowest BCUT2D eigenvalue weighted by Gasteiger charge is -2.47. The van der Waals surface area contributed by atoms with Crippen molar-refractivity contribution in [1.29, 1.82) is 0 Å². The number of aliphatic hydroxyl groups is 4. The third-order valence-corrected chi connectivity index (χ3v) is 13.3. The number of ether oxygens (including phenoxy) is 5. The van der Waals surface area contributed by atoms with Crippen LogP contribution >= 0.6 is 0 Å². The fourth-order valence-corrected chi connectivity index (χ4v) is 9.52. The number of aliphatic hydroxyl groups excluding tert-OH is 3. The molecule has 4 N–H and O–H groups in total. The highest BCUT2D eigenvalue weighted by atomic mass is 16.7. The topological polar surface area (TPSA) is 199 Å². The first-order valence-electron chi connectivity index (χ1n) is 21.4. The molecule has 58 heavy (non-hydrogen) atoms. The average Bonchev–Trinajstić information content (AvgIpc) is 3.21. The fraction of sp³-hybridized carbons (Fsp3) is 0.818. The maximum absolute atomic E-state index is 14.3. The van der Waals surface area contributed by atoms with Gasteiger partial charge in [-0.05, 0) is 94.6 Å². The summed E-state index contributed by atoms with van der Waals surface area (Å²) >= 11 is 0. The van der Waals surface area contributed by atoms with E-state index in [0.29, 0.717) is 56.1 Å². The summed E-state index contributed by atoms with van der Waals surface area (Å²) in [5.41, 5.74) is 1.20. The van der Waals surface area contributed by atoms with Crippen molar-refractivity contribution in [1.82, 2.24) is 4.90 Å². The smallest absolute Gasteiger partial charge is 0.329 e. The zero-order valence-electron chi connectivity index (χ0n) is 36.1. The van der Waals surface area contributed by atoms with Gasteiger partial charge in [-0.25, -0.2) is 4.79 Å². The second-order valence-electron chi connectivity index (χ2n) is 17.5. The molecule has 1 aliphatic carbocycles. The summed E-state index contributed by atoms with van der Waals surface area (Å²) in [5.74, 6) is -8.56. The number of carbonyl (C=O) groups is 4. The molecule has 4 aliphatic rings. The van der Waals surface area contributed by atoms with Crippen molar-refractivity contribution < 1.29 is 63.3 Å². The standard InChI is InChI=1S/C44H71NO13/c1-10-13-30-19-24(2)38(49)25(3)20-36(55-8)40-37(56-9)21-27(5)44(53,58-40)41(50)42(51)45-17-12-11-14-31(45)43(52)57-39(28(6)33(47)23-34(30)48)26(4)18-29-15-16-32(46)35(22-29)54-7/h18-19,25,27-33,35-40,46-47,49,53H,10-17,20-23H2,1-9H3/b24-19+,26-18+/t25-,27-,28-,29+,30-,31+,32-,33+,35-,36+,37+,38-,39-,40-,44-/m1/s1. The Morgan fingerprint density at radius 2 is 1.57 bits per heavy atom. The quantitative estimate of drug-likeness (QED) is 0.164. The van der Waals surface area contributed by atoms with Crippen LogP contribution in [0.2, 0.25) is 0 Å². The molecule has 330 valence electrons. The number of nitrogens with zero attached hydrogens (tertiary/aromatic N) is 1. The van der Waals surface area contributed by atoms with Crippen LogP contribution in [0.4, 0.5) is 0 Å². The van der Waals surface area contributed by atoms with Crippen LogP contribution in [0.15, 0.2) is 23.3 Å². The predicted octanol–water partition coefficient (Wildman–Crippen LogP) is 3.83. The number of ketones is 2. The van der Waals surface area contributed by atoms with Crippen LogP contribution in [0.5, 0.6) is 0 Å². The molecule has 1 amide bonds. The number of amides is 1. The highest BCUT2D eigenvalue weighted by molar-refractivity contribution is 6.39. The van der Waals surface area contributed by atoms with Crippen molar-refractivity contribution in [2.45, 2.75) is 173 Å². The zero-order chi connectivity index (χ0) is 43.1. The molecule has 15 atom stereocenters. The zero-order valence-corrected chi connectivity index (χ0v) is 36.1. The molecule has 0 aromatic carbocycles. The number of hydrogen-bond acceptors (Lipinski definition) is 13. The number of esters is 1. The van der Waals surface area contributed by atoms with Crippen molar-refractivity contribution in [2.24, 2.45) is 29.6 Å². The molecule has 0 unspecified atom stereocenters. The second-order valence-corrected chi connectivity index (χ2v) is 17.5. The van der Waals surface area contributed by atoms with E-state index in [9.17, 15) is 39.6 Å². The van der Waals surface area contributed by atoms with Crippen LogP contribution in [0.1, 0.15) is 112 Å². The third kappa shape index (κ3) is 11.0. The molecular formula is C44H71NO13. The van der Waals surface area contributed by atoms with E-state index in [1.165, 1.54) is 14.2 Å². The molecule has 3 heterocycles. The van der Waals surface area contributed by atoms with Gasteiger partial charge in [0.1, 0.15) is 24.0 Å². The summed E-state index contributed by atoms with van der Waals surface area (Å²) in [6, 6.07) is -1.16. The molecule has 0 radical (unpaired) electrons. The highest BCUT2D eigenvalue weighted by Gasteiger charge is 2.56. The van der Waals surface area contributed by atoms with E-state index in [0.717, 1.165) is 4.90 Å². The fourth-order valence-electron chi connectivity index (χ4n) is 9.52. The van der Waals surface area contributed by atoms with Crippen molar-refractivity contribution in [2.75, 3.05) is 27.9 Å². The van der Waals surface area contributed by atoms with Crippen LogP contribution in [0.25, 0.3) is 0 Å².